The molecule has 0 aliphatic carbocycles. The fourth-order valence-electron chi connectivity index (χ4n) is 2.59. The largest absolute Gasteiger partial charge is 0.497 e. The summed E-state index contributed by atoms with van der Waals surface area (Å²) in [5, 5.41) is 11.3. The molecule has 1 amide bonds. The van der Waals surface area contributed by atoms with Gasteiger partial charge in [-0.2, -0.15) is 0 Å². The number of piperidine rings is 1. The molecule has 23 heavy (non-hydrogen) atoms. The third kappa shape index (κ3) is 3.77. The number of aromatic nitrogens is 2. The lowest BCUT2D eigenvalue weighted by Gasteiger charge is -2.26. The molecule has 0 radical (unpaired) electrons. The van der Waals surface area contributed by atoms with Gasteiger partial charge in [-0.25, -0.2) is 0 Å². The number of nitrogens with one attached hydrogen (secondary N) is 1. The van der Waals surface area contributed by atoms with Gasteiger partial charge in [0.1, 0.15) is 5.75 Å². The number of hydrogen-bond donors (Lipinski definition) is 1. The first kappa shape index (κ1) is 15.3. The third-order valence-corrected chi connectivity index (χ3v) is 3.89. The fraction of sp³-hybridized carbons (Fsp3) is 0.353. The quantitative estimate of drug-likeness (QED) is 0.940. The Kier molecular flexibility index (Phi) is 4.71. The lowest BCUT2D eigenvalue weighted by Crippen LogP contribution is -2.36. The van der Waals surface area contributed by atoms with Crippen LogP contribution in [-0.4, -0.2) is 41.2 Å². The van der Waals surface area contributed by atoms with Gasteiger partial charge in [-0.3, -0.25) is 4.79 Å². The zero-order chi connectivity index (χ0) is 16.1. The Hall–Kier alpha value is -2.63. The van der Waals surface area contributed by atoms with Crippen LogP contribution in [0.25, 0.3) is 0 Å². The fourth-order valence-corrected chi connectivity index (χ4v) is 2.59. The second-order valence-electron chi connectivity index (χ2n) is 5.51. The molecule has 6 heteroatoms. The second-order valence-corrected chi connectivity index (χ2v) is 5.51. The zero-order valence-corrected chi connectivity index (χ0v) is 13.2. The summed E-state index contributed by atoms with van der Waals surface area (Å²) in [5.41, 5.74) is 1.28. The molecule has 3 rings (SSSR count). The topological polar surface area (TPSA) is 67.3 Å². The van der Waals surface area contributed by atoms with E-state index in [0.717, 1.165) is 37.4 Å². The molecule has 0 bridgehead atoms. The van der Waals surface area contributed by atoms with Gasteiger partial charge in [0.15, 0.2) is 11.5 Å². The molecule has 1 saturated heterocycles. The van der Waals surface area contributed by atoms with Gasteiger partial charge in [0, 0.05) is 18.8 Å². The van der Waals surface area contributed by atoms with Crippen LogP contribution in [0.5, 0.6) is 5.75 Å². The van der Waals surface area contributed by atoms with Gasteiger partial charge < -0.3 is 15.0 Å². The summed E-state index contributed by atoms with van der Waals surface area (Å²) in [4.78, 5) is 14.2. The number of carbonyl (C=O) groups excluding carboxylic acids is 1. The number of anilines is 2. The van der Waals surface area contributed by atoms with E-state index >= 15 is 0 Å². The van der Waals surface area contributed by atoms with Crippen molar-refractivity contribution >= 4 is 17.4 Å². The van der Waals surface area contributed by atoms with Gasteiger partial charge in [-0.15, -0.1) is 10.2 Å². The number of rotatable bonds is 4. The minimum atomic E-state index is -0.0341. The zero-order valence-electron chi connectivity index (χ0n) is 13.2. The molecule has 0 spiro atoms. The third-order valence-electron chi connectivity index (χ3n) is 3.89. The number of nitrogens with zero attached hydrogens (tertiary/aromatic N) is 3. The van der Waals surface area contributed by atoms with E-state index in [1.165, 1.54) is 6.42 Å². The van der Waals surface area contributed by atoms with Gasteiger partial charge in [0.05, 0.1) is 7.11 Å². The van der Waals surface area contributed by atoms with Crippen LogP contribution in [0.4, 0.5) is 11.5 Å². The first-order chi connectivity index (χ1) is 11.3. The van der Waals surface area contributed by atoms with Crippen molar-refractivity contribution in [3.8, 4) is 5.75 Å². The summed E-state index contributed by atoms with van der Waals surface area (Å²) >= 11 is 0. The lowest BCUT2D eigenvalue weighted by atomic mass is 10.1. The monoisotopic (exact) mass is 312 g/mol. The first-order valence-corrected chi connectivity index (χ1v) is 7.80. The molecule has 1 aromatic carbocycles. The van der Waals surface area contributed by atoms with Gasteiger partial charge in [-0.1, -0.05) is 0 Å². The standard InChI is InChI=1S/C17H20N4O2/c1-23-14-7-5-13(6-8-14)18-16-10-9-15(19-20-16)17(22)21-11-3-2-4-12-21/h5-10H,2-4,11-12H2,1H3,(H,18,20). The lowest BCUT2D eigenvalue weighted by molar-refractivity contribution is 0.0717. The number of methoxy groups -OCH3 is 1. The molecule has 2 aromatic rings. The Labute approximate surface area is 135 Å². The molecule has 1 aliphatic rings. The molecule has 0 atom stereocenters. The highest BCUT2D eigenvalue weighted by molar-refractivity contribution is 5.92. The molecule has 120 valence electrons. The Morgan fingerprint density at radius 1 is 1.04 bits per heavy atom. The maximum atomic E-state index is 12.3. The first-order valence-electron chi connectivity index (χ1n) is 7.80. The van der Waals surface area contributed by atoms with Crippen LogP contribution < -0.4 is 10.1 Å². The van der Waals surface area contributed by atoms with Gasteiger partial charge in [0.25, 0.3) is 5.91 Å². The highest BCUT2D eigenvalue weighted by Crippen LogP contribution is 2.18. The molecule has 1 aromatic heterocycles. The molecule has 0 unspecified atom stereocenters. The van der Waals surface area contributed by atoms with Crippen molar-refractivity contribution in [2.45, 2.75) is 19.3 Å². The normalized spacial score (nSPS) is 14.4. The molecule has 2 heterocycles. The van der Waals surface area contributed by atoms with Crippen LogP contribution in [0, 0.1) is 0 Å². The van der Waals surface area contributed by atoms with Crippen molar-refractivity contribution in [2.24, 2.45) is 0 Å². The van der Waals surface area contributed by atoms with E-state index in [4.69, 9.17) is 4.74 Å². The molecular weight excluding hydrogens is 292 g/mol. The van der Waals surface area contributed by atoms with Gasteiger partial charge in [0.2, 0.25) is 0 Å². The smallest absolute Gasteiger partial charge is 0.274 e. The number of carbonyl (C=O) groups is 1. The van der Waals surface area contributed by atoms with Crippen molar-refractivity contribution < 1.29 is 9.53 Å². The van der Waals surface area contributed by atoms with Crippen molar-refractivity contribution in [3.63, 3.8) is 0 Å². The van der Waals surface area contributed by atoms with Gasteiger partial charge >= 0.3 is 0 Å². The number of hydrogen-bond acceptors (Lipinski definition) is 5. The van der Waals surface area contributed by atoms with Crippen molar-refractivity contribution in [1.82, 2.24) is 15.1 Å². The van der Waals surface area contributed by atoms with E-state index in [9.17, 15) is 4.79 Å². The van der Waals surface area contributed by atoms with Crippen LogP contribution in [0.2, 0.25) is 0 Å². The Morgan fingerprint density at radius 2 is 1.78 bits per heavy atom. The predicted octanol–water partition coefficient (Wildman–Crippen LogP) is 2.85. The van der Waals surface area contributed by atoms with Crippen LogP contribution in [-0.2, 0) is 0 Å². The molecule has 1 aliphatic heterocycles. The molecular formula is C17H20N4O2. The second kappa shape index (κ2) is 7.09. The number of amides is 1. The number of likely N-dealkylation sites (tertiary alicyclic amines) is 1. The van der Waals surface area contributed by atoms with Crippen LogP contribution >= 0.6 is 0 Å². The summed E-state index contributed by atoms with van der Waals surface area (Å²) in [5.74, 6) is 1.36. The summed E-state index contributed by atoms with van der Waals surface area (Å²) in [6.07, 6.45) is 3.33. The molecule has 1 fully saturated rings. The van der Waals surface area contributed by atoms with Crippen molar-refractivity contribution in [2.75, 3.05) is 25.5 Å². The SMILES string of the molecule is COc1ccc(Nc2ccc(C(=O)N3CCCCC3)nn2)cc1. The van der Waals surface area contributed by atoms with Crippen molar-refractivity contribution in [3.05, 3.63) is 42.1 Å². The maximum absolute atomic E-state index is 12.3. The van der Waals surface area contributed by atoms with E-state index in [1.54, 1.807) is 19.2 Å². The van der Waals surface area contributed by atoms with Crippen LogP contribution in [0.3, 0.4) is 0 Å². The van der Waals surface area contributed by atoms with E-state index < -0.39 is 0 Å². The van der Waals surface area contributed by atoms with E-state index in [2.05, 4.69) is 15.5 Å². The predicted molar refractivity (Wildman–Crippen MR) is 88.1 cm³/mol. The van der Waals surface area contributed by atoms with Crippen LogP contribution in [0.15, 0.2) is 36.4 Å². The summed E-state index contributed by atoms with van der Waals surface area (Å²) in [6.45, 7) is 1.62. The van der Waals surface area contributed by atoms with E-state index in [0.29, 0.717) is 11.5 Å². The van der Waals surface area contributed by atoms with Crippen molar-refractivity contribution in [1.29, 1.82) is 0 Å². The number of ether oxygens (including phenoxy) is 1. The van der Waals surface area contributed by atoms with E-state index in [1.807, 2.05) is 29.2 Å². The maximum Gasteiger partial charge on any atom is 0.274 e. The molecule has 1 N–H and O–H groups in total. The minimum absolute atomic E-state index is 0.0341. The van der Waals surface area contributed by atoms with Crippen LogP contribution in [0.1, 0.15) is 29.8 Å². The Balaban J connectivity index is 1.65. The average molecular weight is 312 g/mol. The highest BCUT2D eigenvalue weighted by atomic mass is 16.5. The van der Waals surface area contributed by atoms with Gasteiger partial charge in [-0.05, 0) is 55.7 Å². The summed E-state index contributed by atoms with van der Waals surface area (Å²) in [6, 6.07) is 11.0. The molecule has 6 nitrogen and oxygen atoms in total. The Morgan fingerprint density at radius 3 is 2.39 bits per heavy atom. The minimum Gasteiger partial charge on any atom is -0.497 e. The number of benzene rings is 1. The van der Waals surface area contributed by atoms with E-state index in [-0.39, 0.29) is 5.91 Å². The molecule has 0 saturated carbocycles. The Bertz CT molecular complexity index is 649. The summed E-state index contributed by atoms with van der Waals surface area (Å²) < 4.78 is 5.12. The highest BCUT2D eigenvalue weighted by Gasteiger charge is 2.19. The summed E-state index contributed by atoms with van der Waals surface area (Å²) in [7, 11) is 1.63. The average Bonchev–Trinajstić information content (AvgIpc) is 2.63.